The summed E-state index contributed by atoms with van der Waals surface area (Å²) in [7, 11) is 3.56. The number of rotatable bonds is 6. The molecule has 2 rings (SSSR count). The minimum Gasteiger partial charge on any atom is -0.497 e. The molecule has 1 aromatic rings. The van der Waals surface area contributed by atoms with Crippen LogP contribution in [0.1, 0.15) is 10.4 Å². The fraction of sp³-hybridized carbons (Fsp3) is 0.500. The Morgan fingerprint density at radius 3 is 2.65 bits per heavy atom. The number of ether oxygens (including phenoxy) is 2. The fourth-order valence-corrected chi connectivity index (χ4v) is 2.55. The smallest absolute Gasteiger partial charge is 0.254 e. The molecule has 2 N–H and O–H groups in total. The largest absolute Gasteiger partial charge is 0.497 e. The van der Waals surface area contributed by atoms with Crippen LogP contribution in [0.5, 0.6) is 5.75 Å². The molecule has 1 atom stereocenters. The van der Waals surface area contributed by atoms with Gasteiger partial charge in [-0.3, -0.25) is 9.59 Å². The fourth-order valence-electron chi connectivity index (χ4n) is 2.55. The van der Waals surface area contributed by atoms with Crippen LogP contribution in [0.15, 0.2) is 24.3 Å². The summed E-state index contributed by atoms with van der Waals surface area (Å²) in [6, 6.07) is 6.76. The van der Waals surface area contributed by atoms with Crippen molar-refractivity contribution in [2.75, 3.05) is 46.9 Å². The summed E-state index contributed by atoms with van der Waals surface area (Å²) in [6.07, 6.45) is -0.129. The van der Waals surface area contributed by atoms with E-state index in [2.05, 4.69) is 4.90 Å². The summed E-state index contributed by atoms with van der Waals surface area (Å²) in [5.74, 6) is -0.125. The molecular formula is C16H23N3O4. The van der Waals surface area contributed by atoms with E-state index in [0.29, 0.717) is 31.0 Å². The van der Waals surface area contributed by atoms with Crippen molar-refractivity contribution in [1.82, 2.24) is 9.80 Å². The van der Waals surface area contributed by atoms with Gasteiger partial charge in [0.05, 0.1) is 26.4 Å². The van der Waals surface area contributed by atoms with E-state index in [4.69, 9.17) is 15.2 Å². The quantitative estimate of drug-likeness (QED) is 0.794. The van der Waals surface area contributed by atoms with Crippen LogP contribution in [0.25, 0.3) is 0 Å². The third kappa shape index (κ3) is 4.94. The zero-order chi connectivity index (χ0) is 16.8. The number of hydrogen-bond donors (Lipinski definition) is 1. The summed E-state index contributed by atoms with van der Waals surface area (Å²) in [5.41, 5.74) is 5.77. The van der Waals surface area contributed by atoms with Gasteiger partial charge in [-0.05, 0) is 31.3 Å². The van der Waals surface area contributed by atoms with E-state index >= 15 is 0 Å². The maximum absolute atomic E-state index is 12.6. The second-order valence-electron chi connectivity index (χ2n) is 5.64. The number of benzene rings is 1. The molecule has 0 radical (unpaired) electrons. The number of carbonyl (C=O) groups is 2. The molecule has 1 fully saturated rings. The minimum absolute atomic E-state index is 0.129. The highest BCUT2D eigenvalue weighted by atomic mass is 16.5. The highest BCUT2D eigenvalue weighted by molar-refractivity contribution is 5.96. The second kappa shape index (κ2) is 7.94. The van der Waals surface area contributed by atoms with E-state index in [0.717, 1.165) is 6.54 Å². The molecule has 0 aromatic heterocycles. The number of amides is 2. The molecule has 0 aliphatic carbocycles. The van der Waals surface area contributed by atoms with Gasteiger partial charge in [0.2, 0.25) is 5.91 Å². The van der Waals surface area contributed by atoms with Crippen LogP contribution >= 0.6 is 0 Å². The van der Waals surface area contributed by atoms with Crippen molar-refractivity contribution in [3.05, 3.63) is 29.8 Å². The number of morpholine rings is 1. The maximum atomic E-state index is 12.6. The van der Waals surface area contributed by atoms with Crippen LogP contribution in [0.2, 0.25) is 0 Å². The molecule has 1 saturated heterocycles. The van der Waals surface area contributed by atoms with Crippen LogP contribution < -0.4 is 10.5 Å². The lowest BCUT2D eigenvalue weighted by molar-refractivity contribution is -0.119. The summed E-state index contributed by atoms with van der Waals surface area (Å²) >= 11 is 0. The average Bonchev–Trinajstić information content (AvgIpc) is 2.53. The Balaban J connectivity index is 2.09. The second-order valence-corrected chi connectivity index (χ2v) is 5.64. The zero-order valence-corrected chi connectivity index (χ0v) is 13.5. The molecule has 0 bridgehead atoms. The molecule has 1 heterocycles. The van der Waals surface area contributed by atoms with E-state index in [-0.39, 0.29) is 18.6 Å². The number of likely N-dealkylation sites (N-methyl/N-ethyl adjacent to an activating group) is 1. The van der Waals surface area contributed by atoms with Crippen LogP contribution in [-0.2, 0) is 9.53 Å². The molecular weight excluding hydrogens is 298 g/mol. The van der Waals surface area contributed by atoms with Crippen LogP contribution in [-0.4, -0.2) is 74.7 Å². The molecule has 0 saturated carbocycles. The molecule has 1 aliphatic heterocycles. The first-order valence-corrected chi connectivity index (χ1v) is 7.51. The monoisotopic (exact) mass is 321 g/mol. The topological polar surface area (TPSA) is 85.1 Å². The summed E-state index contributed by atoms with van der Waals surface area (Å²) < 4.78 is 10.8. The van der Waals surface area contributed by atoms with Gasteiger partial charge < -0.3 is 25.0 Å². The van der Waals surface area contributed by atoms with Crippen molar-refractivity contribution in [2.45, 2.75) is 6.10 Å². The van der Waals surface area contributed by atoms with E-state index in [9.17, 15) is 9.59 Å². The first-order valence-electron chi connectivity index (χ1n) is 7.51. The van der Waals surface area contributed by atoms with Crippen molar-refractivity contribution in [3.8, 4) is 5.75 Å². The minimum atomic E-state index is -0.545. The van der Waals surface area contributed by atoms with Crippen molar-refractivity contribution in [1.29, 1.82) is 0 Å². The summed E-state index contributed by atoms with van der Waals surface area (Å²) in [6.45, 7) is 2.39. The standard InChI is InChI=1S/C16H23N3O4/c1-18-7-8-23-14(9-18)10-19(11-15(17)20)16(21)12-3-5-13(22-2)6-4-12/h3-6,14H,7-11H2,1-2H3,(H2,17,20). The van der Waals surface area contributed by atoms with Gasteiger partial charge in [-0.15, -0.1) is 0 Å². The van der Waals surface area contributed by atoms with E-state index in [1.807, 2.05) is 7.05 Å². The van der Waals surface area contributed by atoms with Gasteiger partial charge in [0.15, 0.2) is 0 Å². The zero-order valence-electron chi connectivity index (χ0n) is 13.5. The number of carbonyl (C=O) groups excluding carboxylic acids is 2. The predicted octanol–water partition coefficient (Wildman–Crippen LogP) is -0.0467. The highest BCUT2D eigenvalue weighted by Gasteiger charge is 2.25. The van der Waals surface area contributed by atoms with Crippen molar-refractivity contribution < 1.29 is 19.1 Å². The molecule has 1 unspecified atom stereocenters. The van der Waals surface area contributed by atoms with Crippen LogP contribution in [0, 0.1) is 0 Å². The van der Waals surface area contributed by atoms with Gasteiger partial charge >= 0.3 is 0 Å². The molecule has 0 spiro atoms. The summed E-state index contributed by atoms with van der Waals surface area (Å²) in [5, 5.41) is 0. The van der Waals surface area contributed by atoms with E-state index in [1.54, 1.807) is 31.4 Å². The van der Waals surface area contributed by atoms with Gasteiger partial charge in [0, 0.05) is 25.2 Å². The molecule has 1 aliphatic rings. The third-order valence-corrected chi connectivity index (χ3v) is 3.74. The SMILES string of the molecule is COc1ccc(C(=O)N(CC(N)=O)CC2CN(C)CCO2)cc1. The van der Waals surface area contributed by atoms with Crippen LogP contribution in [0.4, 0.5) is 0 Å². The Bertz CT molecular complexity index is 547. The predicted molar refractivity (Wildman–Crippen MR) is 85.3 cm³/mol. The van der Waals surface area contributed by atoms with Crippen molar-refractivity contribution in [3.63, 3.8) is 0 Å². The first-order chi connectivity index (χ1) is 11.0. The maximum Gasteiger partial charge on any atom is 0.254 e. The van der Waals surface area contributed by atoms with Gasteiger partial charge in [-0.25, -0.2) is 0 Å². The number of primary amides is 1. The molecule has 126 valence electrons. The van der Waals surface area contributed by atoms with E-state index in [1.165, 1.54) is 4.90 Å². The van der Waals surface area contributed by atoms with Crippen molar-refractivity contribution in [2.24, 2.45) is 5.73 Å². The molecule has 23 heavy (non-hydrogen) atoms. The molecule has 1 aromatic carbocycles. The first kappa shape index (κ1) is 17.2. The Hall–Kier alpha value is -2.12. The Morgan fingerprint density at radius 1 is 1.39 bits per heavy atom. The van der Waals surface area contributed by atoms with Gasteiger partial charge in [-0.1, -0.05) is 0 Å². The van der Waals surface area contributed by atoms with Crippen molar-refractivity contribution >= 4 is 11.8 Å². The molecule has 2 amide bonds. The lowest BCUT2D eigenvalue weighted by atomic mass is 10.1. The van der Waals surface area contributed by atoms with Gasteiger partial charge in [-0.2, -0.15) is 0 Å². The number of nitrogens with two attached hydrogens (primary N) is 1. The lowest BCUT2D eigenvalue weighted by Crippen LogP contribution is -2.49. The highest BCUT2D eigenvalue weighted by Crippen LogP contribution is 2.14. The normalized spacial score (nSPS) is 18.4. The average molecular weight is 321 g/mol. The van der Waals surface area contributed by atoms with Gasteiger partial charge in [0.25, 0.3) is 5.91 Å². The van der Waals surface area contributed by atoms with Gasteiger partial charge in [0.1, 0.15) is 5.75 Å². The molecule has 7 nitrogen and oxygen atoms in total. The van der Waals surface area contributed by atoms with E-state index < -0.39 is 5.91 Å². The molecule has 7 heteroatoms. The Labute approximate surface area is 135 Å². The Morgan fingerprint density at radius 2 is 2.09 bits per heavy atom. The Kier molecular flexibility index (Phi) is 5.95. The van der Waals surface area contributed by atoms with Crippen LogP contribution in [0.3, 0.4) is 0 Å². The summed E-state index contributed by atoms with van der Waals surface area (Å²) in [4.78, 5) is 27.5. The number of nitrogens with zero attached hydrogens (tertiary/aromatic N) is 2. The number of hydrogen-bond acceptors (Lipinski definition) is 5. The number of methoxy groups -OCH3 is 1. The lowest BCUT2D eigenvalue weighted by Gasteiger charge is -2.33. The third-order valence-electron chi connectivity index (χ3n) is 3.74.